The molecule has 3 rings (SSSR count). The van der Waals surface area contributed by atoms with E-state index in [1.165, 1.54) is 23.3 Å². The molecule has 0 atom stereocenters. The molecule has 1 aromatic heterocycles. The summed E-state index contributed by atoms with van der Waals surface area (Å²) in [6, 6.07) is 7.59. The Bertz CT molecular complexity index is 637. The third-order valence-electron chi connectivity index (χ3n) is 3.72. The maximum atomic E-state index is 12.3. The van der Waals surface area contributed by atoms with E-state index in [1.807, 2.05) is 25.1 Å². The van der Waals surface area contributed by atoms with Gasteiger partial charge in [-0.2, -0.15) is 0 Å². The summed E-state index contributed by atoms with van der Waals surface area (Å²) in [5, 5.41) is 2.98. The minimum Gasteiger partial charge on any atom is -0.399 e. The number of nitrogens with one attached hydrogen (secondary N) is 1. The molecule has 4 heteroatoms. The minimum absolute atomic E-state index is 0.0164. The molecule has 0 spiro atoms. The fourth-order valence-corrected chi connectivity index (χ4v) is 3.76. The van der Waals surface area contributed by atoms with E-state index in [9.17, 15) is 4.79 Å². The maximum Gasteiger partial charge on any atom is 0.265 e. The Morgan fingerprint density at radius 2 is 2.05 bits per heavy atom. The quantitative estimate of drug-likeness (QED) is 0.826. The summed E-state index contributed by atoms with van der Waals surface area (Å²) in [5.41, 5.74) is 9.62. The predicted octanol–water partition coefficient (Wildman–Crippen LogP) is 3.77. The van der Waals surface area contributed by atoms with Crippen molar-refractivity contribution in [1.82, 2.24) is 0 Å². The zero-order chi connectivity index (χ0) is 14.1. The van der Waals surface area contributed by atoms with Crippen LogP contribution in [0.3, 0.4) is 0 Å². The molecule has 3 nitrogen and oxygen atoms in total. The van der Waals surface area contributed by atoms with E-state index in [-0.39, 0.29) is 5.91 Å². The number of carbonyl (C=O) groups is 1. The van der Waals surface area contributed by atoms with E-state index in [1.54, 1.807) is 11.3 Å². The lowest BCUT2D eigenvalue weighted by Crippen LogP contribution is -2.11. The Labute approximate surface area is 122 Å². The van der Waals surface area contributed by atoms with Crippen molar-refractivity contribution in [2.75, 3.05) is 11.1 Å². The molecule has 1 heterocycles. The van der Waals surface area contributed by atoms with Crippen molar-refractivity contribution in [3.05, 3.63) is 45.1 Å². The largest absolute Gasteiger partial charge is 0.399 e. The first-order valence-electron chi connectivity index (χ1n) is 6.92. The van der Waals surface area contributed by atoms with Gasteiger partial charge in [0.15, 0.2) is 0 Å². The zero-order valence-corrected chi connectivity index (χ0v) is 12.3. The highest BCUT2D eigenvalue weighted by atomic mass is 32.1. The number of aryl methyl sites for hydroxylation is 3. The van der Waals surface area contributed by atoms with Crippen molar-refractivity contribution in [3.8, 4) is 0 Å². The van der Waals surface area contributed by atoms with E-state index in [2.05, 4.69) is 11.4 Å². The monoisotopic (exact) mass is 286 g/mol. The first kappa shape index (κ1) is 13.2. The molecular weight excluding hydrogens is 268 g/mol. The molecule has 20 heavy (non-hydrogen) atoms. The van der Waals surface area contributed by atoms with Crippen LogP contribution in [0.15, 0.2) is 24.3 Å². The molecule has 1 aliphatic carbocycles. The lowest BCUT2D eigenvalue weighted by atomic mass is 9.99. The first-order chi connectivity index (χ1) is 9.63. The van der Waals surface area contributed by atoms with Crippen LogP contribution in [0.25, 0.3) is 0 Å². The summed E-state index contributed by atoms with van der Waals surface area (Å²) in [7, 11) is 0. The van der Waals surface area contributed by atoms with Crippen LogP contribution in [0.1, 0.15) is 38.5 Å². The van der Waals surface area contributed by atoms with E-state index < -0.39 is 0 Å². The molecule has 0 aliphatic heterocycles. The lowest BCUT2D eigenvalue weighted by Gasteiger charge is -2.08. The number of anilines is 2. The molecule has 0 saturated heterocycles. The number of nitrogen functional groups attached to an aromatic ring is 1. The Morgan fingerprint density at radius 3 is 2.80 bits per heavy atom. The Kier molecular flexibility index (Phi) is 3.49. The Balaban J connectivity index is 1.80. The molecule has 104 valence electrons. The Morgan fingerprint density at radius 1 is 1.25 bits per heavy atom. The number of hydrogen-bond donors (Lipinski definition) is 2. The third kappa shape index (κ3) is 2.56. The molecule has 1 aromatic carbocycles. The van der Waals surface area contributed by atoms with Gasteiger partial charge in [0.2, 0.25) is 0 Å². The molecule has 0 saturated carbocycles. The van der Waals surface area contributed by atoms with Crippen LogP contribution in [-0.4, -0.2) is 5.91 Å². The van der Waals surface area contributed by atoms with Crippen molar-refractivity contribution in [1.29, 1.82) is 0 Å². The summed E-state index contributed by atoms with van der Waals surface area (Å²) >= 11 is 1.63. The summed E-state index contributed by atoms with van der Waals surface area (Å²) in [6.07, 6.45) is 4.71. The molecule has 2 aromatic rings. The van der Waals surface area contributed by atoms with Crippen molar-refractivity contribution < 1.29 is 4.79 Å². The van der Waals surface area contributed by atoms with Crippen molar-refractivity contribution >= 4 is 28.6 Å². The molecule has 0 fully saturated rings. The van der Waals surface area contributed by atoms with Crippen molar-refractivity contribution in [3.63, 3.8) is 0 Å². The van der Waals surface area contributed by atoms with E-state index >= 15 is 0 Å². The highest BCUT2D eigenvalue weighted by molar-refractivity contribution is 7.14. The van der Waals surface area contributed by atoms with Crippen LogP contribution in [0.4, 0.5) is 11.4 Å². The molecule has 0 bridgehead atoms. The van der Waals surface area contributed by atoms with Gasteiger partial charge in [-0.15, -0.1) is 11.3 Å². The van der Waals surface area contributed by atoms with Gasteiger partial charge in [-0.25, -0.2) is 0 Å². The van der Waals surface area contributed by atoms with Gasteiger partial charge in [-0.3, -0.25) is 4.79 Å². The number of hydrogen-bond acceptors (Lipinski definition) is 3. The van der Waals surface area contributed by atoms with Gasteiger partial charge in [0.1, 0.15) is 0 Å². The van der Waals surface area contributed by atoms with Gasteiger partial charge in [0, 0.05) is 16.3 Å². The predicted molar refractivity (Wildman–Crippen MR) is 84.5 cm³/mol. The standard InChI is InChI=1S/C16H18N2OS/c1-10-8-12(17)6-7-13(10)18-16(19)15-9-11-4-2-3-5-14(11)20-15/h6-9H,2-5,17H2,1H3,(H,18,19). The van der Waals surface area contributed by atoms with E-state index in [4.69, 9.17) is 5.73 Å². The second kappa shape index (κ2) is 5.29. The van der Waals surface area contributed by atoms with Crippen LogP contribution < -0.4 is 11.1 Å². The smallest absolute Gasteiger partial charge is 0.265 e. The Hall–Kier alpha value is -1.81. The summed E-state index contributed by atoms with van der Waals surface area (Å²) < 4.78 is 0. The third-order valence-corrected chi connectivity index (χ3v) is 4.95. The number of rotatable bonds is 2. The van der Waals surface area contributed by atoms with Gasteiger partial charge >= 0.3 is 0 Å². The topological polar surface area (TPSA) is 55.1 Å². The highest BCUT2D eigenvalue weighted by Crippen LogP contribution is 2.30. The molecule has 1 aliphatic rings. The number of benzene rings is 1. The molecular formula is C16H18N2OS. The van der Waals surface area contributed by atoms with Crippen LogP contribution >= 0.6 is 11.3 Å². The molecule has 1 amide bonds. The zero-order valence-electron chi connectivity index (χ0n) is 11.5. The summed E-state index contributed by atoms with van der Waals surface area (Å²) in [5.74, 6) is -0.0164. The number of nitrogens with two attached hydrogens (primary N) is 1. The van der Waals surface area contributed by atoms with E-state index in [0.717, 1.165) is 29.0 Å². The van der Waals surface area contributed by atoms with Gasteiger partial charge in [-0.1, -0.05) is 0 Å². The second-order valence-corrected chi connectivity index (χ2v) is 6.43. The van der Waals surface area contributed by atoms with E-state index in [0.29, 0.717) is 5.69 Å². The fraction of sp³-hybridized carbons (Fsp3) is 0.312. The van der Waals surface area contributed by atoms with Crippen LogP contribution in [0, 0.1) is 6.92 Å². The van der Waals surface area contributed by atoms with Gasteiger partial charge in [0.25, 0.3) is 5.91 Å². The number of thiophene rings is 1. The molecule has 3 N–H and O–H groups in total. The van der Waals surface area contributed by atoms with Gasteiger partial charge in [0.05, 0.1) is 4.88 Å². The second-order valence-electron chi connectivity index (χ2n) is 5.29. The molecule has 0 unspecified atom stereocenters. The van der Waals surface area contributed by atoms with Crippen LogP contribution in [0.5, 0.6) is 0 Å². The maximum absolute atomic E-state index is 12.3. The molecule has 0 radical (unpaired) electrons. The minimum atomic E-state index is -0.0164. The van der Waals surface area contributed by atoms with Gasteiger partial charge < -0.3 is 11.1 Å². The van der Waals surface area contributed by atoms with Crippen molar-refractivity contribution in [2.24, 2.45) is 0 Å². The average Bonchev–Trinajstić information content (AvgIpc) is 2.86. The lowest BCUT2D eigenvalue weighted by molar-refractivity contribution is 0.103. The van der Waals surface area contributed by atoms with Crippen LogP contribution in [0.2, 0.25) is 0 Å². The summed E-state index contributed by atoms with van der Waals surface area (Å²) in [4.78, 5) is 14.5. The number of amides is 1. The van der Waals surface area contributed by atoms with Crippen molar-refractivity contribution in [2.45, 2.75) is 32.6 Å². The normalized spacial score (nSPS) is 13.8. The number of fused-ring (bicyclic) bond motifs is 1. The summed E-state index contributed by atoms with van der Waals surface area (Å²) in [6.45, 7) is 1.95. The average molecular weight is 286 g/mol. The highest BCUT2D eigenvalue weighted by Gasteiger charge is 2.17. The number of carbonyl (C=O) groups excluding carboxylic acids is 1. The van der Waals surface area contributed by atoms with Crippen LogP contribution in [-0.2, 0) is 12.8 Å². The van der Waals surface area contributed by atoms with Gasteiger partial charge in [-0.05, 0) is 68.0 Å². The SMILES string of the molecule is Cc1cc(N)ccc1NC(=O)c1cc2c(s1)CCCC2. The first-order valence-corrected chi connectivity index (χ1v) is 7.74. The fourth-order valence-electron chi connectivity index (χ4n) is 2.61.